The van der Waals surface area contributed by atoms with Crippen molar-refractivity contribution in [1.82, 2.24) is 24.9 Å². The van der Waals surface area contributed by atoms with Crippen LogP contribution in [0.25, 0.3) is 0 Å². The molecule has 0 bridgehead atoms. The molecule has 1 N–H and O–H groups in total. The smallest absolute Gasteiger partial charge is 0.317 e. The monoisotopic (exact) mass is 369 g/mol. The fraction of sp³-hybridized carbons (Fsp3) is 0.450. The molecule has 1 atom stereocenters. The maximum atomic E-state index is 12.6. The number of nitrogens with one attached hydrogen (secondary N) is 1. The van der Waals surface area contributed by atoms with Crippen molar-refractivity contribution in [1.29, 1.82) is 0 Å². The van der Waals surface area contributed by atoms with Gasteiger partial charge in [-0.1, -0.05) is 18.2 Å². The average molecular weight is 369 g/mol. The highest BCUT2D eigenvalue weighted by Gasteiger charge is 2.26. The van der Waals surface area contributed by atoms with Crippen LogP contribution in [-0.4, -0.2) is 63.7 Å². The summed E-state index contributed by atoms with van der Waals surface area (Å²) >= 11 is 0. The first-order valence-corrected chi connectivity index (χ1v) is 9.54. The third-order valence-electron chi connectivity index (χ3n) is 4.88. The summed E-state index contributed by atoms with van der Waals surface area (Å²) in [5.41, 5.74) is 0.693. The van der Waals surface area contributed by atoms with Crippen LogP contribution in [0.1, 0.15) is 30.1 Å². The molecule has 1 saturated heterocycles. The van der Waals surface area contributed by atoms with Gasteiger partial charge in [-0.15, -0.1) is 0 Å². The Morgan fingerprint density at radius 3 is 2.78 bits per heavy atom. The molecule has 7 heteroatoms. The zero-order valence-corrected chi connectivity index (χ0v) is 15.8. The normalized spacial score (nSPS) is 16.8. The summed E-state index contributed by atoms with van der Waals surface area (Å²) in [7, 11) is 0. The van der Waals surface area contributed by atoms with Crippen molar-refractivity contribution < 1.29 is 9.59 Å². The number of likely N-dealkylation sites (N-methyl/N-ethyl adjacent to an activating group) is 1. The first-order chi connectivity index (χ1) is 13.2. The van der Waals surface area contributed by atoms with Crippen molar-refractivity contribution in [2.45, 2.75) is 32.4 Å². The van der Waals surface area contributed by atoms with E-state index in [4.69, 9.17) is 0 Å². The second-order valence-corrected chi connectivity index (χ2v) is 6.75. The molecule has 1 aromatic carbocycles. The van der Waals surface area contributed by atoms with Crippen LogP contribution in [0.15, 0.2) is 48.8 Å². The van der Waals surface area contributed by atoms with Crippen LogP contribution >= 0.6 is 0 Å². The number of hydrogen-bond acceptors (Lipinski definition) is 3. The molecule has 144 valence electrons. The molecule has 0 unspecified atom stereocenters. The summed E-state index contributed by atoms with van der Waals surface area (Å²) in [5.74, 6) is 0.0283. The van der Waals surface area contributed by atoms with Crippen molar-refractivity contribution in [3.63, 3.8) is 0 Å². The van der Waals surface area contributed by atoms with E-state index < -0.39 is 0 Å². The SMILES string of the molecule is CCN(CCn1cccn1)C(=O)N[C@@H]1CCCN(C(=O)c2ccccc2)C1. The van der Waals surface area contributed by atoms with Crippen LogP contribution in [-0.2, 0) is 6.54 Å². The molecular weight excluding hydrogens is 342 g/mol. The molecular formula is C20H27N5O2. The van der Waals surface area contributed by atoms with Gasteiger partial charge in [-0.05, 0) is 38.0 Å². The molecule has 2 heterocycles. The van der Waals surface area contributed by atoms with E-state index in [-0.39, 0.29) is 18.0 Å². The summed E-state index contributed by atoms with van der Waals surface area (Å²) in [6.07, 6.45) is 5.40. The van der Waals surface area contributed by atoms with Crippen molar-refractivity contribution in [3.05, 3.63) is 54.4 Å². The number of piperidine rings is 1. The highest BCUT2D eigenvalue weighted by Crippen LogP contribution is 2.14. The quantitative estimate of drug-likeness (QED) is 0.849. The van der Waals surface area contributed by atoms with Gasteiger partial charge in [-0.2, -0.15) is 5.10 Å². The van der Waals surface area contributed by atoms with Crippen molar-refractivity contribution in [2.24, 2.45) is 0 Å². The lowest BCUT2D eigenvalue weighted by Crippen LogP contribution is -2.53. The van der Waals surface area contributed by atoms with Crippen LogP contribution in [0.3, 0.4) is 0 Å². The van der Waals surface area contributed by atoms with Gasteiger partial charge in [0.1, 0.15) is 0 Å². The van der Waals surface area contributed by atoms with Gasteiger partial charge in [0.2, 0.25) is 0 Å². The minimum absolute atomic E-state index is 0.0161. The minimum atomic E-state index is -0.0799. The van der Waals surface area contributed by atoms with Crippen LogP contribution in [0.2, 0.25) is 0 Å². The molecule has 1 aromatic heterocycles. The molecule has 3 amide bonds. The molecule has 0 aliphatic carbocycles. The number of urea groups is 1. The van der Waals surface area contributed by atoms with Crippen LogP contribution in [0.5, 0.6) is 0 Å². The lowest BCUT2D eigenvalue weighted by molar-refractivity contribution is 0.0694. The van der Waals surface area contributed by atoms with E-state index in [1.807, 2.05) is 59.1 Å². The second-order valence-electron chi connectivity index (χ2n) is 6.75. The van der Waals surface area contributed by atoms with E-state index >= 15 is 0 Å². The van der Waals surface area contributed by atoms with Crippen molar-refractivity contribution >= 4 is 11.9 Å². The predicted octanol–water partition coefficient (Wildman–Crippen LogP) is 2.22. The molecule has 27 heavy (non-hydrogen) atoms. The van der Waals surface area contributed by atoms with Crippen LogP contribution in [0.4, 0.5) is 4.79 Å². The molecule has 1 aliphatic rings. The molecule has 3 rings (SSSR count). The third-order valence-corrected chi connectivity index (χ3v) is 4.88. The van der Waals surface area contributed by atoms with Crippen molar-refractivity contribution in [2.75, 3.05) is 26.2 Å². The number of amides is 3. The summed E-state index contributed by atoms with van der Waals surface area (Å²) in [4.78, 5) is 28.9. The lowest BCUT2D eigenvalue weighted by Gasteiger charge is -2.34. The van der Waals surface area contributed by atoms with E-state index in [2.05, 4.69) is 10.4 Å². The Morgan fingerprint density at radius 1 is 1.26 bits per heavy atom. The maximum Gasteiger partial charge on any atom is 0.317 e. The number of rotatable bonds is 6. The number of carbonyl (C=O) groups excluding carboxylic acids is 2. The lowest BCUT2D eigenvalue weighted by atomic mass is 10.0. The third kappa shape index (κ3) is 5.09. The maximum absolute atomic E-state index is 12.6. The van der Waals surface area contributed by atoms with Gasteiger partial charge in [0.25, 0.3) is 5.91 Å². The highest BCUT2D eigenvalue weighted by molar-refractivity contribution is 5.94. The number of aromatic nitrogens is 2. The van der Waals surface area contributed by atoms with Gasteiger partial charge in [-0.25, -0.2) is 4.79 Å². The van der Waals surface area contributed by atoms with Crippen LogP contribution in [0, 0.1) is 0 Å². The first-order valence-electron chi connectivity index (χ1n) is 9.54. The summed E-state index contributed by atoms with van der Waals surface area (Å²) in [6.45, 7) is 5.15. The highest BCUT2D eigenvalue weighted by atomic mass is 16.2. The second kappa shape index (κ2) is 9.21. The molecule has 7 nitrogen and oxygen atoms in total. The summed E-state index contributed by atoms with van der Waals surface area (Å²) < 4.78 is 1.82. The van der Waals surface area contributed by atoms with Gasteiger partial charge < -0.3 is 15.1 Å². The molecule has 0 saturated carbocycles. The number of hydrogen-bond donors (Lipinski definition) is 1. The van der Waals surface area contributed by atoms with Gasteiger partial charge >= 0.3 is 6.03 Å². The van der Waals surface area contributed by atoms with Gasteiger partial charge in [0.15, 0.2) is 0 Å². The standard InChI is InChI=1S/C20H27N5O2/c1-2-23(14-15-25-13-7-11-21-25)20(27)22-18-10-6-12-24(16-18)19(26)17-8-4-3-5-9-17/h3-5,7-9,11,13,18H,2,6,10,12,14-16H2,1H3,(H,22,27)/t18-/m1/s1. The summed E-state index contributed by atoms with van der Waals surface area (Å²) in [5, 5.41) is 7.27. The average Bonchev–Trinajstić information content (AvgIpc) is 3.22. The van der Waals surface area contributed by atoms with E-state index in [0.29, 0.717) is 31.7 Å². The Labute approximate surface area is 159 Å². The molecule has 2 aromatic rings. The Morgan fingerprint density at radius 2 is 2.07 bits per heavy atom. The zero-order chi connectivity index (χ0) is 19.1. The Hall–Kier alpha value is -2.83. The molecule has 1 fully saturated rings. The number of likely N-dealkylation sites (tertiary alicyclic amines) is 1. The molecule has 0 spiro atoms. The Kier molecular flexibility index (Phi) is 6.46. The van der Waals surface area contributed by atoms with Gasteiger partial charge in [-0.3, -0.25) is 9.48 Å². The Bertz CT molecular complexity index is 732. The zero-order valence-electron chi connectivity index (χ0n) is 15.8. The number of benzene rings is 1. The number of nitrogens with zero attached hydrogens (tertiary/aromatic N) is 4. The largest absolute Gasteiger partial charge is 0.337 e. The molecule has 0 radical (unpaired) electrons. The predicted molar refractivity (Wildman–Crippen MR) is 103 cm³/mol. The molecule has 1 aliphatic heterocycles. The van der Waals surface area contributed by atoms with E-state index in [1.165, 1.54) is 0 Å². The first kappa shape index (κ1) is 18.9. The minimum Gasteiger partial charge on any atom is -0.337 e. The van der Waals surface area contributed by atoms with E-state index in [0.717, 1.165) is 19.4 Å². The fourth-order valence-electron chi connectivity index (χ4n) is 3.37. The van der Waals surface area contributed by atoms with Gasteiger partial charge in [0.05, 0.1) is 6.54 Å². The van der Waals surface area contributed by atoms with Crippen molar-refractivity contribution in [3.8, 4) is 0 Å². The summed E-state index contributed by atoms with van der Waals surface area (Å²) in [6, 6.07) is 11.1. The topological polar surface area (TPSA) is 70.5 Å². The van der Waals surface area contributed by atoms with E-state index in [1.54, 1.807) is 11.1 Å². The van der Waals surface area contributed by atoms with Gasteiger partial charge in [0, 0.05) is 50.2 Å². The Balaban J connectivity index is 1.52. The fourth-order valence-corrected chi connectivity index (χ4v) is 3.37. The number of carbonyl (C=O) groups is 2. The van der Waals surface area contributed by atoms with Crippen LogP contribution < -0.4 is 5.32 Å². The van der Waals surface area contributed by atoms with E-state index in [9.17, 15) is 9.59 Å².